The molecule has 9 heteroatoms. The molecule has 0 rings (SSSR count). The molecule has 0 aliphatic heterocycles. The molecule has 0 aliphatic carbocycles. The van der Waals surface area contributed by atoms with Crippen molar-refractivity contribution in [3.63, 3.8) is 0 Å². The van der Waals surface area contributed by atoms with Gasteiger partial charge < -0.3 is 74.4 Å². The quantitative estimate of drug-likeness (QED) is 0.357. The van der Waals surface area contributed by atoms with Crippen molar-refractivity contribution in [2.24, 2.45) is 0 Å². The monoisotopic (exact) mass is 394 g/mol. The maximum Gasteiger partial charge on any atom is 1.00 e. The first-order chi connectivity index (χ1) is 0. The second-order valence-electron chi connectivity index (χ2n) is 0. The normalized spacial score (nSPS) is 0. The zero-order valence-corrected chi connectivity index (χ0v) is 16.9. The Kier molecular flexibility index (Phi) is 646. The first kappa shape index (κ1) is 85.2. The summed E-state index contributed by atoms with van der Waals surface area (Å²) in [7, 11) is 0. The van der Waals surface area contributed by atoms with Crippen LogP contribution in [0.25, 0.3) is 0 Å². The minimum Gasteiger partial charge on any atom is -1.00 e. The Morgan fingerprint density at radius 2 is 0.333 bits per heavy atom. The first-order valence-corrected chi connectivity index (χ1v) is 0. The SMILES string of the molecule is [Cl-].[Cl-].[Cl-].[Cl-].[Cl-].[Cl-].[K+].[K+].[Pd]. The maximum absolute atomic E-state index is 0. The van der Waals surface area contributed by atoms with Gasteiger partial charge in [0.05, 0.1) is 0 Å². The van der Waals surface area contributed by atoms with Crippen LogP contribution in [0.5, 0.6) is 0 Å². The average molecular weight is 397 g/mol. The Labute approximate surface area is 192 Å². The Morgan fingerprint density at radius 1 is 0.333 bits per heavy atom. The fourth-order valence-corrected chi connectivity index (χ4v) is 0. The predicted molar refractivity (Wildman–Crippen MR) is 0 cm³/mol. The standard InChI is InChI=1S/6ClH.2K.Pd/h6*1H;;;/q;;;;;;2*+1;/p-6. The minimum atomic E-state index is 0. The van der Waals surface area contributed by atoms with Gasteiger partial charge in [0.1, 0.15) is 0 Å². The third kappa shape index (κ3) is 57.9. The van der Waals surface area contributed by atoms with E-state index in [1.165, 1.54) is 0 Å². The summed E-state index contributed by atoms with van der Waals surface area (Å²) in [5.41, 5.74) is 0. The van der Waals surface area contributed by atoms with Gasteiger partial charge in [-0.25, -0.2) is 0 Å². The van der Waals surface area contributed by atoms with Crippen LogP contribution >= 0.6 is 0 Å². The van der Waals surface area contributed by atoms with E-state index >= 15 is 0 Å². The summed E-state index contributed by atoms with van der Waals surface area (Å²) in [6, 6.07) is 0. The average Bonchev–Trinajstić information content (AvgIpc) is 0. The van der Waals surface area contributed by atoms with Crippen molar-refractivity contribution < 1.29 is 198 Å². The molecule has 0 aromatic rings. The second kappa shape index (κ2) is 68.2. The Bertz CT molecular complexity index is 11.0. The van der Waals surface area contributed by atoms with Crippen LogP contribution < -0.4 is 177 Å². The van der Waals surface area contributed by atoms with Crippen LogP contribution in [-0.2, 0) is 20.4 Å². The third-order valence-electron chi connectivity index (χ3n) is 0. The molecule has 0 aliphatic rings. The molecular formula is Cl6K2Pd-4. The molecular weight excluding hydrogens is 397 g/mol. The molecule has 9 heavy (non-hydrogen) atoms. The molecule has 0 spiro atoms. The van der Waals surface area contributed by atoms with Gasteiger partial charge in [0, 0.05) is 20.4 Å². The van der Waals surface area contributed by atoms with Crippen molar-refractivity contribution >= 4 is 0 Å². The number of hydrogen-bond acceptors (Lipinski definition) is 0. The van der Waals surface area contributed by atoms with E-state index in [0.717, 1.165) is 0 Å². The van der Waals surface area contributed by atoms with Crippen molar-refractivity contribution in [2.45, 2.75) is 0 Å². The topological polar surface area (TPSA) is 0 Å². The van der Waals surface area contributed by atoms with Crippen LogP contribution in [0.3, 0.4) is 0 Å². The van der Waals surface area contributed by atoms with Crippen LogP contribution in [0.1, 0.15) is 0 Å². The van der Waals surface area contributed by atoms with Gasteiger partial charge >= 0.3 is 103 Å². The molecule has 58 valence electrons. The van der Waals surface area contributed by atoms with Gasteiger partial charge in [0.2, 0.25) is 0 Å². The summed E-state index contributed by atoms with van der Waals surface area (Å²) in [5, 5.41) is 0. The largest absolute Gasteiger partial charge is 1.00 e. The molecule has 0 amide bonds. The fraction of sp³-hybridized carbons (Fsp3) is 0. The van der Waals surface area contributed by atoms with Gasteiger partial charge in [0.25, 0.3) is 0 Å². The molecule has 0 N–H and O–H groups in total. The zero-order chi connectivity index (χ0) is 0. The van der Waals surface area contributed by atoms with E-state index in [0.29, 0.717) is 0 Å². The van der Waals surface area contributed by atoms with Gasteiger partial charge in [-0.15, -0.1) is 0 Å². The summed E-state index contributed by atoms with van der Waals surface area (Å²) in [4.78, 5) is 0. The molecule has 0 aromatic carbocycles. The molecule has 0 radical (unpaired) electrons. The third-order valence-corrected chi connectivity index (χ3v) is 0. The number of rotatable bonds is 0. The molecule has 0 saturated carbocycles. The van der Waals surface area contributed by atoms with Crippen LogP contribution in [0.15, 0.2) is 0 Å². The second-order valence-corrected chi connectivity index (χ2v) is 0. The Hall–Kier alpha value is 5.68. The smallest absolute Gasteiger partial charge is 1.00 e. The maximum atomic E-state index is 0. The molecule has 0 bridgehead atoms. The molecule has 0 heterocycles. The van der Waals surface area contributed by atoms with Crippen molar-refractivity contribution in [3.05, 3.63) is 0 Å². The van der Waals surface area contributed by atoms with E-state index in [4.69, 9.17) is 0 Å². The van der Waals surface area contributed by atoms with E-state index in [1.807, 2.05) is 0 Å². The van der Waals surface area contributed by atoms with E-state index in [-0.39, 0.29) is 198 Å². The van der Waals surface area contributed by atoms with Crippen LogP contribution in [0.4, 0.5) is 0 Å². The molecule has 0 saturated heterocycles. The molecule has 0 aromatic heterocycles. The van der Waals surface area contributed by atoms with Crippen molar-refractivity contribution in [2.75, 3.05) is 0 Å². The van der Waals surface area contributed by atoms with Gasteiger partial charge in [-0.2, -0.15) is 0 Å². The van der Waals surface area contributed by atoms with Crippen LogP contribution in [0.2, 0.25) is 0 Å². The fourth-order valence-electron chi connectivity index (χ4n) is 0. The summed E-state index contributed by atoms with van der Waals surface area (Å²) in [6.07, 6.45) is 0. The van der Waals surface area contributed by atoms with E-state index in [9.17, 15) is 0 Å². The van der Waals surface area contributed by atoms with Gasteiger partial charge in [-0.1, -0.05) is 0 Å². The van der Waals surface area contributed by atoms with Crippen molar-refractivity contribution in [1.82, 2.24) is 0 Å². The molecule has 0 unspecified atom stereocenters. The number of halogens is 6. The summed E-state index contributed by atoms with van der Waals surface area (Å²) < 4.78 is 0. The minimum absolute atomic E-state index is 0. The van der Waals surface area contributed by atoms with Crippen LogP contribution in [-0.4, -0.2) is 0 Å². The number of hydrogen-bond donors (Lipinski definition) is 0. The molecule has 0 atom stereocenters. The van der Waals surface area contributed by atoms with Crippen molar-refractivity contribution in [3.8, 4) is 0 Å². The van der Waals surface area contributed by atoms with Crippen molar-refractivity contribution in [1.29, 1.82) is 0 Å². The summed E-state index contributed by atoms with van der Waals surface area (Å²) in [5.74, 6) is 0. The molecule has 0 fully saturated rings. The first-order valence-electron chi connectivity index (χ1n) is 0. The summed E-state index contributed by atoms with van der Waals surface area (Å²) >= 11 is 0. The van der Waals surface area contributed by atoms with Gasteiger partial charge in [-0.05, 0) is 0 Å². The Balaban J connectivity index is 0. The van der Waals surface area contributed by atoms with Crippen LogP contribution in [0, 0.1) is 0 Å². The predicted octanol–water partition coefficient (Wildman–Crippen LogP) is -24.0. The zero-order valence-electron chi connectivity index (χ0n) is 4.58. The Morgan fingerprint density at radius 3 is 0.333 bits per heavy atom. The van der Waals surface area contributed by atoms with E-state index in [1.54, 1.807) is 0 Å². The summed E-state index contributed by atoms with van der Waals surface area (Å²) in [6.45, 7) is 0. The van der Waals surface area contributed by atoms with E-state index < -0.39 is 0 Å². The van der Waals surface area contributed by atoms with Gasteiger partial charge in [0.15, 0.2) is 0 Å². The van der Waals surface area contributed by atoms with Gasteiger partial charge in [-0.3, -0.25) is 0 Å². The molecule has 0 nitrogen and oxygen atoms in total. The van der Waals surface area contributed by atoms with E-state index in [2.05, 4.69) is 0 Å².